The van der Waals surface area contributed by atoms with Crippen molar-refractivity contribution in [1.82, 2.24) is 15.1 Å². The minimum atomic E-state index is 0.0372. The van der Waals surface area contributed by atoms with E-state index in [1.165, 1.54) is 0 Å². The van der Waals surface area contributed by atoms with Crippen molar-refractivity contribution in [3.63, 3.8) is 0 Å². The lowest BCUT2D eigenvalue weighted by atomic mass is 10.1. The van der Waals surface area contributed by atoms with Gasteiger partial charge in [0.15, 0.2) is 0 Å². The standard InChI is InChI=1S/C13H18ClN3O/c1-3-12-11(7-9(2)15-16-12)13(18)17-6-4-5-10(14)8-17/h7,10H,3-6,8H2,1-2H3. The lowest BCUT2D eigenvalue weighted by molar-refractivity contribution is 0.0725. The quantitative estimate of drug-likeness (QED) is 0.772. The summed E-state index contributed by atoms with van der Waals surface area (Å²) >= 11 is 6.13. The highest BCUT2D eigenvalue weighted by Gasteiger charge is 2.25. The molecule has 98 valence electrons. The maximum Gasteiger partial charge on any atom is 0.255 e. The molecule has 0 aromatic carbocycles. The Labute approximate surface area is 112 Å². The predicted molar refractivity (Wildman–Crippen MR) is 70.9 cm³/mol. The smallest absolute Gasteiger partial charge is 0.255 e. The number of carbonyl (C=O) groups excluding carboxylic acids is 1. The molecule has 0 aliphatic carbocycles. The van der Waals surface area contributed by atoms with E-state index in [4.69, 9.17) is 11.6 Å². The number of halogens is 1. The number of aromatic nitrogens is 2. The average molecular weight is 268 g/mol. The molecule has 2 rings (SSSR count). The Morgan fingerprint density at radius 2 is 2.33 bits per heavy atom. The van der Waals surface area contributed by atoms with Gasteiger partial charge in [0.1, 0.15) is 0 Å². The minimum absolute atomic E-state index is 0.0372. The lowest BCUT2D eigenvalue weighted by Crippen LogP contribution is -2.40. The number of piperidine rings is 1. The number of likely N-dealkylation sites (tertiary alicyclic amines) is 1. The summed E-state index contributed by atoms with van der Waals surface area (Å²) in [4.78, 5) is 14.3. The van der Waals surface area contributed by atoms with Crippen molar-refractivity contribution in [2.45, 2.75) is 38.5 Å². The minimum Gasteiger partial charge on any atom is -0.337 e. The molecule has 0 radical (unpaired) electrons. The molecule has 18 heavy (non-hydrogen) atoms. The second-order valence-corrected chi connectivity index (χ2v) is 5.31. The van der Waals surface area contributed by atoms with Gasteiger partial charge in [0.2, 0.25) is 0 Å². The fourth-order valence-electron chi connectivity index (χ4n) is 2.24. The molecular weight excluding hydrogens is 250 g/mol. The maximum atomic E-state index is 12.5. The molecule has 1 aromatic rings. The monoisotopic (exact) mass is 267 g/mol. The summed E-state index contributed by atoms with van der Waals surface area (Å²) in [6.07, 6.45) is 2.67. The third-order valence-corrected chi connectivity index (χ3v) is 3.57. The van der Waals surface area contributed by atoms with Crippen molar-refractivity contribution in [3.8, 4) is 0 Å². The third kappa shape index (κ3) is 2.80. The largest absolute Gasteiger partial charge is 0.337 e. The molecule has 1 aromatic heterocycles. The Kier molecular flexibility index (Phi) is 4.17. The Hall–Kier alpha value is -1.16. The summed E-state index contributed by atoms with van der Waals surface area (Å²) in [5, 5.41) is 8.18. The summed E-state index contributed by atoms with van der Waals surface area (Å²) in [5.74, 6) is 0.0372. The number of hydrogen-bond donors (Lipinski definition) is 0. The van der Waals surface area contributed by atoms with Gasteiger partial charge in [-0.15, -0.1) is 11.6 Å². The molecule has 1 aliphatic heterocycles. The van der Waals surface area contributed by atoms with Crippen LogP contribution in [0.15, 0.2) is 6.07 Å². The molecule has 0 saturated carbocycles. The number of carbonyl (C=O) groups is 1. The van der Waals surface area contributed by atoms with Gasteiger partial charge >= 0.3 is 0 Å². The van der Waals surface area contributed by atoms with Gasteiger partial charge in [0.05, 0.1) is 22.3 Å². The Bertz CT molecular complexity index is 450. The van der Waals surface area contributed by atoms with Crippen LogP contribution in [0.1, 0.15) is 41.5 Å². The van der Waals surface area contributed by atoms with Gasteiger partial charge in [-0.1, -0.05) is 6.92 Å². The van der Waals surface area contributed by atoms with E-state index < -0.39 is 0 Å². The van der Waals surface area contributed by atoms with Crippen LogP contribution in [-0.2, 0) is 6.42 Å². The predicted octanol–water partition coefficient (Wildman–Crippen LogP) is 2.19. The first-order valence-corrected chi connectivity index (χ1v) is 6.82. The number of alkyl halides is 1. The highest BCUT2D eigenvalue weighted by molar-refractivity contribution is 6.21. The molecule has 1 amide bonds. The number of aryl methyl sites for hydroxylation is 2. The van der Waals surface area contributed by atoms with Gasteiger partial charge in [-0.25, -0.2) is 0 Å². The van der Waals surface area contributed by atoms with Gasteiger partial charge in [0, 0.05) is 13.1 Å². The van der Waals surface area contributed by atoms with Crippen LogP contribution in [0.3, 0.4) is 0 Å². The van der Waals surface area contributed by atoms with E-state index in [1.807, 2.05) is 24.8 Å². The molecule has 0 spiro atoms. The second kappa shape index (κ2) is 5.65. The van der Waals surface area contributed by atoms with E-state index in [0.717, 1.165) is 30.8 Å². The van der Waals surface area contributed by atoms with E-state index in [0.29, 0.717) is 18.5 Å². The molecular formula is C13H18ClN3O. The highest BCUT2D eigenvalue weighted by Crippen LogP contribution is 2.19. The van der Waals surface area contributed by atoms with Gasteiger partial charge in [0.25, 0.3) is 5.91 Å². The van der Waals surface area contributed by atoms with Gasteiger partial charge in [-0.05, 0) is 32.3 Å². The van der Waals surface area contributed by atoms with Crippen molar-refractivity contribution >= 4 is 17.5 Å². The molecule has 2 heterocycles. The zero-order valence-corrected chi connectivity index (χ0v) is 11.6. The maximum absolute atomic E-state index is 12.5. The average Bonchev–Trinajstić information content (AvgIpc) is 2.38. The molecule has 1 atom stereocenters. The first kappa shape index (κ1) is 13.3. The normalized spacial score (nSPS) is 19.9. The van der Waals surface area contributed by atoms with E-state index >= 15 is 0 Å². The molecule has 1 unspecified atom stereocenters. The number of rotatable bonds is 2. The SMILES string of the molecule is CCc1nnc(C)cc1C(=O)N1CCCC(Cl)C1. The van der Waals surface area contributed by atoms with Crippen LogP contribution in [0.2, 0.25) is 0 Å². The van der Waals surface area contributed by atoms with Crippen LogP contribution in [0.5, 0.6) is 0 Å². The number of nitrogens with zero attached hydrogens (tertiary/aromatic N) is 3. The van der Waals surface area contributed by atoms with Crippen LogP contribution < -0.4 is 0 Å². The molecule has 1 aliphatic rings. The Balaban J connectivity index is 2.24. The van der Waals surface area contributed by atoms with E-state index in [1.54, 1.807) is 0 Å². The van der Waals surface area contributed by atoms with E-state index in [2.05, 4.69) is 10.2 Å². The Morgan fingerprint density at radius 3 is 3.00 bits per heavy atom. The fourth-order valence-corrected chi connectivity index (χ4v) is 2.56. The Morgan fingerprint density at radius 1 is 1.56 bits per heavy atom. The van der Waals surface area contributed by atoms with Crippen LogP contribution in [0.4, 0.5) is 0 Å². The second-order valence-electron chi connectivity index (χ2n) is 4.69. The zero-order chi connectivity index (χ0) is 13.1. The molecule has 4 nitrogen and oxygen atoms in total. The van der Waals surface area contributed by atoms with Crippen LogP contribution in [-0.4, -0.2) is 39.5 Å². The van der Waals surface area contributed by atoms with E-state index in [9.17, 15) is 4.79 Å². The number of amides is 1. The molecule has 1 saturated heterocycles. The summed E-state index contributed by atoms with van der Waals surface area (Å²) in [6, 6.07) is 1.83. The zero-order valence-electron chi connectivity index (χ0n) is 10.8. The summed E-state index contributed by atoms with van der Waals surface area (Å²) in [6.45, 7) is 5.25. The fraction of sp³-hybridized carbons (Fsp3) is 0.615. The summed E-state index contributed by atoms with van der Waals surface area (Å²) < 4.78 is 0. The summed E-state index contributed by atoms with van der Waals surface area (Å²) in [7, 11) is 0. The van der Waals surface area contributed by atoms with Gasteiger partial charge in [-0.3, -0.25) is 4.79 Å². The van der Waals surface area contributed by atoms with Gasteiger partial charge in [-0.2, -0.15) is 10.2 Å². The molecule has 0 bridgehead atoms. The molecule has 5 heteroatoms. The van der Waals surface area contributed by atoms with Crippen LogP contribution in [0, 0.1) is 6.92 Å². The first-order valence-electron chi connectivity index (χ1n) is 6.38. The lowest BCUT2D eigenvalue weighted by Gasteiger charge is -2.30. The van der Waals surface area contributed by atoms with Crippen molar-refractivity contribution in [2.75, 3.05) is 13.1 Å². The first-order chi connectivity index (χ1) is 8.61. The van der Waals surface area contributed by atoms with Crippen molar-refractivity contribution in [1.29, 1.82) is 0 Å². The number of hydrogen-bond acceptors (Lipinski definition) is 3. The topological polar surface area (TPSA) is 46.1 Å². The van der Waals surface area contributed by atoms with E-state index in [-0.39, 0.29) is 11.3 Å². The van der Waals surface area contributed by atoms with Crippen molar-refractivity contribution < 1.29 is 4.79 Å². The molecule has 0 N–H and O–H groups in total. The highest BCUT2D eigenvalue weighted by atomic mass is 35.5. The van der Waals surface area contributed by atoms with Crippen LogP contribution >= 0.6 is 11.6 Å². The van der Waals surface area contributed by atoms with Crippen molar-refractivity contribution in [3.05, 3.63) is 23.0 Å². The third-order valence-electron chi connectivity index (χ3n) is 3.21. The summed E-state index contributed by atoms with van der Waals surface area (Å²) in [5.41, 5.74) is 2.22. The molecule has 1 fully saturated rings. The van der Waals surface area contributed by atoms with Gasteiger partial charge < -0.3 is 4.90 Å². The van der Waals surface area contributed by atoms with Crippen LogP contribution in [0.25, 0.3) is 0 Å². The van der Waals surface area contributed by atoms with Crippen molar-refractivity contribution in [2.24, 2.45) is 0 Å².